The van der Waals surface area contributed by atoms with Gasteiger partial charge in [-0.15, -0.1) is 0 Å². The largest absolute Gasteiger partial charge is 0.483 e. The van der Waals surface area contributed by atoms with Crippen molar-refractivity contribution in [2.45, 2.75) is 62.8 Å². The van der Waals surface area contributed by atoms with E-state index in [1.807, 2.05) is 0 Å². The van der Waals surface area contributed by atoms with Gasteiger partial charge in [0.05, 0.1) is 29.1 Å². The Morgan fingerprint density at radius 3 is 2.34 bits per heavy atom. The SMILES string of the molecule is CC(C)(C)OC(=O)Cc1cc(F)c2c(c1)N(S(=O)(=O)c1ccc(F)c(C(F)(F)F)c1)C[C@H](CCC(=O)O)O2. The third-order valence-corrected chi connectivity index (χ3v) is 7.06. The number of carboxylic acid groups (broad SMARTS) is 1. The number of sulfonamides is 1. The number of rotatable bonds is 7. The first-order valence-corrected chi connectivity index (χ1v) is 12.6. The average molecular weight is 566 g/mol. The minimum atomic E-state index is -5.20. The second-order valence-corrected chi connectivity index (χ2v) is 11.4. The highest BCUT2D eigenvalue weighted by Crippen LogP contribution is 2.42. The summed E-state index contributed by atoms with van der Waals surface area (Å²) in [6.45, 7) is 4.23. The van der Waals surface area contributed by atoms with Crippen LogP contribution in [-0.2, 0) is 36.9 Å². The Kier molecular flexibility index (Phi) is 7.97. The van der Waals surface area contributed by atoms with E-state index in [0.717, 1.165) is 12.1 Å². The molecule has 0 bridgehead atoms. The van der Waals surface area contributed by atoms with Crippen LogP contribution in [0.1, 0.15) is 44.7 Å². The third-order valence-electron chi connectivity index (χ3n) is 5.29. The van der Waals surface area contributed by atoms with Crippen molar-refractivity contribution in [1.29, 1.82) is 0 Å². The van der Waals surface area contributed by atoms with Gasteiger partial charge in [-0.1, -0.05) is 0 Å². The number of carbonyl (C=O) groups excluding carboxylic acids is 1. The summed E-state index contributed by atoms with van der Waals surface area (Å²) in [4.78, 5) is 22.3. The lowest BCUT2D eigenvalue weighted by Gasteiger charge is -2.36. The molecule has 1 N–H and O–H groups in total. The highest BCUT2D eigenvalue weighted by Gasteiger charge is 2.40. The number of hydrogen-bond acceptors (Lipinski definition) is 6. The monoisotopic (exact) mass is 565 g/mol. The van der Waals surface area contributed by atoms with E-state index >= 15 is 4.39 Å². The van der Waals surface area contributed by atoms with Crippen molar-refractivity contribution in [1.82, 2.24) is 0 Å². The van der Waals surface area contributed by atoms with Gasteiger partial charge in [0.1, 0.15) is 17.5 Å². The first kappa shape index (κ1) is 29.1. The Morgan fingerprint density at radius 1 is 1.11 bits per heavy atom. The molecular formula is C24H24F5NO7S. The maximum absolute atomic E-state index is 15.1. The standard InChI is InChI=1S/C24H24F5NO7S/c1-23(2,3)37-21(33)10-13-8-18(26)22-19(9-13)30(12-14(36-22)4-7-20(31)32)38(34,35)15-5-6-17(25)16(11-15)24(27,28)29/h5-6,8-9,11,14H,4,7,10,12H2,1-3H3,(H,31,32)/t14-/m0/s1. The number of anilines is 1. The molecule has 38 heavy (non-hydrogen) atoms. The van der Waals surface area contributed by atoms with Crippen LogP contribution in [0.3, 0.4) is 0 Å². The number of esters is 1. The molecule has 1 aliphatic rings. The van der Waals surface area contributed by atoms with E-state index in [1.54, 1.807) is 20.8 Å². The molecule has 0 saturated carbocycles. The van der Waals surface area contributed by atoms with Gasteiger partial charge in [0.2, 0.25) is 0 Å². The predicted octanol–water partition coefficient (Wildman–Crippen LogP) is 4.69. The van der Waals surface area contributed by atoms with Crippen molar-refractivity contribution in [3.63, 3.8) is 0 Å². The van der Waals surface area contributed by atoms with Crippen LogP contribution in [0.2, 0.25) is 0 Å². The van der Waals surface area contributed by atoms with E-state index in [4.69, 9.17) is 14.6 Å². The van der Waals surface area contributed by atoms with Crippen LogP contribution in [0.4, 0.5) is 27.6 Å². The number of carboxylic acids is 1. The van der Waals surface area contributed by atoms with Crippen molar-refractivity contribution >= 4 is 27.6 Å². The number of alkyl halides is 3. The highest BCUT2D eigenvalue weighted by atomic mass is 32.2. The van der Waals surface area contributed by atoms with E-state index in [1.165, 1.54) is 0 Å². The maximum atomic E-state index is 15.1. The molecule has 0 aliphatic carbocycles. The molecule has 2 aromatic carbocycles. The van der Waals surface area contributed by atoms with Crippen molar-refractivity contribution < 1.29 is 54.5 Å². The van der Waals surface area contributed by atoms with Gasteiger partial charge >= 0.3 is 18.1 Å². The van der Waals surface area contributed by atoms with E-state index in [2.05, 4.69) is 0 Å². The molecule has 8 nitrogen and oxygen atoms in total. The van der Waals surface area contributed by atoms with Crippen LogP contribution in [0, 0.1) is 11.6 Å². The summed E-state index contributed by atoms with van der Waals surface area (Å²) in [6, 6.07) is 3.11. The summed E-state index contributed by atoms with van der Waals surface area (Å²) in [7, 11) is -4.88. The molecule has 0 aromatic heterocycles. The number of ether oxygens (including phenoxy) is 2. The normalized spacial score (nSPS) is 16.0. The molecule has 0 amide bonds. The quantitative estimate of drug-likeness (QED) is 0.383. The second kappa shape index (κ2) is 10.4. The third kappa shape index (κ3) is 6.71. The molecule has 0 radical (unpaired) electrons. The first-order chi connectivity index (χ1) is 17.4. The Bertz CT molecular complexity index is 1350. The highest BCUT2D eigenvalue weighted by molar-refractivity contribution is 7.92. The van der Waals surface area contributed by atoms with Crippen LogP contribution in [0.15, 0.2) is 35.2 Å². The van der Waals surface area contributed by atoms with Crippen molar-refractivity contribution in [2.24, 2.45) is 0 Å². The molecule has 1 atom stereocenters. The van der Waals surface area contributed by atoms with E-state index in [0.29, 0.717) is 16.4 Å². The number of aliphatic carboxylic acids is 1. The molecule has 208 valence electrons. The Labute approximate surface area is 215 Å². The number of carbonyl (C=O) groups is 2. The smallest absolute Gasteiger partial charge is 0.419 e. The van der Waals surface area contributed by atoms with Crippen molar-refractivity contribution in [3.05, 3.63) is 53.1 Å². The van der Waals surface area contributed by atoms with Crippen molar-refractivity contribution in [2.75, 3.05) is 10.8 Å². The Balaban J connectivity index is 2.11. The van der Waals surface area contributed by atoms with Gasteiger partial charge in [-0.05, 0) is 63.1 Å². The number of benzene rings is 2. The average Bonchev–Trinajstić information content (AvgIpc) is 2.75. The zero-order valence-electron chi connectivity index (χ0n) is 20.4. The van der Waals surface area contributed by atoms with Crippen LogP contribution < -0.4 is 9.04 Å². The number of fused-ring (bicyclic) bond motifs is 1. The molecule has 3 rings (SSSR count). The second-order valence-electron chi connectivity index (χ2n) is 9.54. The molecule has 0 unspecified atom stereocenters. The molecule has 0 fully saturated rings. The molecule has 0 saturated heterocycles. The van der Waals surface area contributed by atoms with Crippen LogP contribution in [0.5, 0.6) is 5.75 Å². The zero-order chi connectivity index (χ0) is 28.6. The maximum Gasteiger partial charge on any atom is 0.419 e. The first-order valence-electron chi connectivity index (χ1n) is 11.2. The topological polar surface area (TPSA) is 110 Å². The minimum Gasteiger partial charge on any atom is -0.483 e. The summed E-state index contributed by atoms with van der Waals surface area (Å²) in [6.07, 6.45) is -7.57. The molecule has 1 heterocycles. The van der Waals surface area contributed by atoms with Crippen LogP contribution in [-0.4, -0.2) is 43.7 Å². The summed E-state index contributed by atoms with van der Waals surface area (Å²) in [5, 5.41) is 8.98. The van der Waals surface area contributed by atoms with Gasteiger partial charge in [0.15, 0.2) is 11.6 Å². The fourth-order valence-electron chi connectivity index (χ4n) is 3.74. The lowest BCUT2D eigenvalue weighted by atomic mass is 10.1. The molecule has 0 spiro atoms. The summed E-state index contributed by atoms with van der Waals surface area (Å²) in [5.74, 6) is -5.37. The molecule has 14 heteroatoms. The van der Waals surface area contributed by atoms with E-state index < -0.39 is 92.8 Å². The Morgan fingerprint density at radius 2 is 1.76 bits per heavy atom. The van der Waals surface area contributed by atoms with Gasteiger partial charge in [0.25, 0.3) is 10.0 Å². The molecular weight excluding hydrogens is 541 g/mol. The molecule has 2 aromatic rings. The summed E-state index contributed by atoms with van der Waals surface area (Å²) >= 11 is 0. The minimum absolute atomic E-state index is 0.0154. The summed E-state index contributed by atoms with van der Waals surface area (Å²) in [5.41, 5.74) is -3.12. The van der Waals surface area contributed by atoms with E-state index in [9.17, 15) is 35.6 Å². The van der Waals surface area contributed by atoms with Gasteiger partial charge in [0, 0.05) is 6.42 Å². The van der Waals surface area contributed by atoms with Crippen molar-refractivity contribution in [3.8, 4) is 5.75 Å². The van der Waals surface area contributed by atoms with Gasteiger partial charge in [-0.3, -0.25) is 13.9 Å². The zero-order valence-corrected chi connectivity index (χ0v) is 21.3. The predicted molar refractivity (Wildman–Crippen MR) is 123 cm³/mol. The lowest BCUT2D eigenvalue weighted by Crippen LogP contribution is -2.44. The van der Waals surface area contributed by atoms with Gasteiger partial charge in [-0.2, -0.15) is 13.2 Å². The van der Waals surface area contributed by atoms with Gasteiger partial charge in [-0.25, -0.2) is 17.2 Å². The fraction of sp³-hybridized carbons (Fsp3) is 0.417. The number of hydrogen-bond donors (Lipinski definition) is 1. The lowest BCUT2D eigenvalue weighted by molar-refractivity contribution is -0.154. The number of halogens is 5. The fourth-order valence-corrected chi connectivity index (χ4v) is 5.26. The van der Waals surface area contributed by atoms with Crippen LogP contribution >= 0.6 is 0 Å². The van der Waals surface area contributed by atoms with E-state index in [-0.39, 0.29) is 18.1 Å². The van der Waals surface area contributed by atoms with Crippen LogP contribution in [0.25, 0.3) is 0 Å². The summed E-state index contributed by atoms with van der Waals surface area (Å²) < 4.78 is 107. The Hall–Kier alpha value is -3.42. The molecule has 1 aliphatic heterocycles. The number of nitrogens with zero attached hydrogens (tertiary/aromatic N) is 1. The van der Waals surface area contributed by atoms with Gasteiger partial charge < -0.3 is 14.6 Å².